The van der Waals surface area contributed by atoms with E-state index < -0.39 is 0 Å². The molecular weight excluding hydrogens is 210 g/mol. The lowest BCUT2D eigenvalue weighted by Crippen LogP contribution is -2.01. The molecule has 0 bridgehead atoms. The van der Waals surface area contributed by atoms with E-state index in [1.807, 2.05) is 6.92 Å². The Morgan fingerprint density at radius 3 is 3.12 bits per heavy atom. The predicted molar refractivity (Wildman–Crippen MR) is 69.2 cm³/mol. The molecule has 2 heteroatoms. The summed E-state index contributed by atoms with van der Waals surface area (Å²) in [4.78, 5) is 0. The number of hydrogen-bond acceptors (Lipinski definition) is 2. The maximum atomic E-state index is 5.52. The van der Waals surface area contributed by atoms with E-state index in [0.29, 0.717) is 0 Å². The largest absolute Gasteiger partial charge is 0.356 e. The van der Waals surface area contributed by atoms with Gasteiger partial charge in [-0.1, -0.05) is 24.6 Å². The van der Waals surface area contributed by atoms with Crippen molar-refractivity contribution in [3.8, 4) is 0 Å². The fourth-order valence-electron chi connectivity index (χ4n) is 3.02. The molecular formula is C15H19NO. The molecule has 1 aromatic carbocycles. The first-order valence-corrected chi connectivity index (χ1v) is 6.66. The highest BCUT2D eigenvalue weighted by molar-refractivity contribution is 5.83. The van der Waals surface area contributed by atoms with Gasteiger partial charge in [-0.2, -0.15) is 0 Å². The first-order valence-electron chi connectivity index (χ1n) is 6.66. The van der Waals surface area contributed by atoms with Gasteiger partial charge in [0.1, 0.15) is 0 Å². The Labute approximate surface area is 102 Å². The van der Waals surface area contributed by atoms with Crippen molar-refractivity contribution in [1.29, 1.82) is 0 Å². The van der Waals surface area contributed by atoms with Crippen LogP contribution in [0.3, 0.4) is 0 Å². The van der Waals surface area contributed by atoms with Crippen molar-refractivity contribution in [2.45, 2.75) is 46.0 Å². The summed E-state index contributed by atoms with van der Waals surface area (Å²) in [5.41, 5.74) is 4.95. The minimum absolute atomic E-state index is 0.845. The third-order valence-electron chi connectivity index (χ3n) is 4.15. The van der Waals surface area contributed by atoms with Gasteiger partial charge in [0, 0.05) is 10.9 Å². The number of nitrogens with zero attached hydrogens (tertiary/aromatic N) is 1. The van der Waals surface area contributed by atoms with Gasteiger partial charge in [0.05, 0.1) is 5.69 Å². The summed E-state index contributed by atoms with van der Waals surface area (Å²) in [6, 6.07) is 4.47. The zero-order valence-electron chi connectivity index (χ0n) is 10.6. The number of rotatable bonds is 1. The molecule has 1 unspecified atom stereocenters. The zero-order valence-corrected chi connectivity index (χ0v) is 10.6. The van der Waals surface area contributed by atoms with E-state index >= 15 is 0 Å². The Morgan fingerprint density at radius 2 is 2.29 bits per heavy atom. The number of fused-ring (bicyclic) bond motifs is 3. The van der Waals surface area contributed by atoms with Crippen molar-refractivity contribution in [2.24, 2.45) is 5.92 Å². The molecule has 90 valence electrons. The van der Waals surface area contributed by atoms with Gasteiger partial charge < -0.3 is 4.52 Å². The van der Waals surface area contributed by atoms with Crippen molar-refractivity contribution in [2.75, 3.05) is 0 Å². The Kier molecular flexibility index (Phi) is 2.65. The highest BCUT2D eigenvalue weighted by atomic mass is 16.5. The minimum atomic E-state index is 0.845. The van der Waals surface area contributed by atoms with Crippen molar-refractivity contribution in [1.82, 2.24) is 5.16 Å². The van der Waals surface area contributed by atoms with Gasteiger partial charge in [-0.05, 0) is 50.2 Å². The molecule has 0 fully saturated rings. The molecule has 1 heterocycles. The van der Waals surface area contributed by atoms with Crippen molar-refractivity contribution < 1.29 is 4.52 Å². The molecule has 3 rings (SSSR count). The molecule has 1 aromatic heterocycles. The van der Waals surface area contributed by atoms with Crippen LogP contribution in [0.5, 0.6) is 0 Å². The smallest absolute Gasteiger partial charge is 0.170 e. The highest BCUT2D eigenvalue weighted by Crippen LogP contribution is 2.32. The summed E-state index contributed by atoms with van der Waals surface area (Å²) in [7, 11) is 0. The normalized spacial score (nSPS) is 20.2. The van der Waals surface area contributed by atoms with Crippen LogP contribution < -0.4 is 0 Å². The summed E-state index contributed by atoms with van der Waals surface area (Å²) in [5.74, 6) is 0.845. The summed E-state index contributed by atoms with van der Waals surface area (Å²) in [5, 5.41) is 5.29. The number of hydrogen-bond donors (Lipinski definition) is 0. The van der Waals surface area contributed by atoms with Crippen LogP contribution in [0.25, 0.3) is 11.0 Å². The van der Waals surface area contributed by atoms with E-state index in [-0.39, 0.29) is 0 Å². The number of benzene rings is 1. The van der Waals surface area contributed by atoms with E-state index in [2.05, 4.69) is 24.2 Å². The van der Waals surface area contributed by atoms with Gasteiger partial charge in [0.25, 0.3) is 0 Å². The van der Waals surface area contributed by atoms with E-state index in [9.17, 15) is 0 Å². The monoisotopic (exact) mass is 229 g/mol. The van der Waals surface area contributed by atoms with Crippen LogP contribution in [0.4, 0.5) is 0 Å². The fraction of sp³-hybridized carbons (Fsp3) is 0.533. The number of aryl methyl sites for hydroxylation is 2. The van der Waals surface area contributed by atoms with Crippen LogP contribution in [-0.4, -0.2) is 5.16 Å². The van der Waals surface area contributed by atoms with Gasteiger partial charge in [-0.3, -0.25) is 0 Å². The topological polar surface area (TPSA) is 26.0 Å². The summed E-state index contributed by atoms with van der Waals surface area (Å²) < 4.78 is 5.52. The van der Waals surface area contributed by atoms with Crippen molar-refractivity contribution in [3.63, 3.8) is 0 Å². The van der Waals surface area contributed by atoms with Crippen LogP contribution in [0.2, 0.25) is 0 Å². The molecule has 17 heavy (non-hydrogen) atoms. The molecule has 1 aliphatic rings. The summed E-state index contributed by atoms with van der Waals surface area (Å²) in [6.45, 7) is 4.32. The molecule has 2 nitrogen and oxygen atoms in total. The second-order valence-electron chi connectivity index (χ2n) is 5.22. The third kappa shape index (κ3) is 1.76. The van der Waals surface area contributed by atoms with Crippen LogP contribution >= 0.6 is 0 Å². The van der Waals surface area contributed by atoms with Gasteiger partial charge in [-0.25, -0.2) is 0 Å². The van der Waals surface area contributed by atoms with E-state index in [1.165, 1.54) is 42.2 Å². The quantitative estimate of drug-likeness (QED) is 0.690. The maximum Gasteiger partial charge on any atom is 0.170 e. The average molecular weight is 229 g/mol. The summed E-state index contributed by atoms with van der Waals surface area (Å²) in [6.07, 6.45) is 6.27. The Bertz CT molecular complexity index is 541. The highest BCUT2D eigenvalue weighted by Gasteiger charge is 2.19. The lowest BCUT2D eigenvalue weighted by atomic mass is 9.94. The standard InChI is InChI=1S/C15H19NO/c1-3-11-5-4-6-14-12(9-11)7-8-13-10(2)16-17-15(13)14/h7-8,11H,3-6,9H2,1-2H3. The Hall–Kier alpha value is -1.31. The van der Waals surface area contributed by atoms with Crippen LogP contribution in [-0.2, 0) is 12.8 Å². The molecule has 0 saturated carbocycles. The molecule has 0 aliphatic heterocycles. The van der Waals surface area contributed by atoms with Gasteiger partial charge in [-0.15, -0.1) is 0 Å². The van der Waals surface area contributed by atoms with E-state index in [4.69, 9.17) is 4.52 Å². The van der Waals surface area contributed by atoms with Crippen LogP contribution in [0.1, 0.15) is 43.0 Å². The SMILES string of the molecule is CCC1CCCc2c(ccc3c(C)noc23)C1. The number of aromatic nitrogens is 1. The molecule has 0 radical (unpaired) electrons. The van der Waals surface area contributed by atoms with E-state index in [0.717, 1.165) is 23.6 Å². The third-order valence-corrected chi connectivity index (χ3v) is 4.15. The molecule has 1 atom stereocenters. The minimum Gasteiger partial charge on any atom is -0.356 e. The van der Waals surface area contributed by atoms with Crippen LogP contribution in [0, 0.1) is 12.8 Å². The molecule has 0 spiro atoms. The van der Waals surface area contributed by atoms with Crippen molar-refractivity contribution in [3.05, 3.63) is 29.0 Å². The van der Waals surface area contributed by atoms with E-state index in [1.54, 1.807) is 0 Å². The lowest BCUT2D eigenvalue weighted by Gasteiger charge is -2.11. The molecule has 0 amide bonds. The van der Waals surface area contributed by atoms with Gasteiger partial charge >= 0.3 is 0 Å². The van der Waals surface area contributed by atoms with Gasteiger partial charge in [0.15, 0.2) is 5.58 Å². The lowest BCUT2D eigenvalue weighted by molar-refractivity contribution is 0.447. The second kappa shape index (κ2) is 4.17. The molecule has 1 aliphatic carbocycles. The molecule has 2 aromatic rings. The molecule has 0 saturated heterocycles. The predicted octanol–water partition coefficient (Wildman–Crippen LogP) is 4.04. The average Bonchev–Trinajstić information content (AvgIpc) is 2.61. The first kappa shape index (κ1) is 10.8. The summed E-state index contributed by atoms with van der Waals surface area (Å²) >= 11 is 0. The maximum absolute atomic E-state index is 5.52. The Morgan fingerprint density at radius 1 is 1.41 bits per heavy atom. The second-order valence-corrected chi connectivity index (χ2v) is 5.22. The fourth-order valence-corrected chi connectivity index (χ4v) is 3.02. The first-order chi connectivity index (χ1) is 8.29. The Balaban J connectivity index is 2.13. The van der Waals surface area contributed by atoms with Gasteiger partial charge in [0.2, 0.25) is 0 Å². The molecule has 0 N–H and O–H groups in total. The van der Waals surface area contributed by atoms with Crippen LogP contribution in [0.15, 0.2) is 16.7 Å². The zero-order chi connectivity index (χ0) is 11.8. The van der Waals surface area contributed by atoms with Crippen molar-refractivity contribution >= 4 is 11.0 Å².